The molecule has 0 radical (unpaired) electrons. The average Bonchev–Trinajstić information content (AvgIpc) is 2.75. The molecule has 4 heteroatoms. The first-order chi connectivity index (χ1) is 8.09. The van der Waals surface area contributed by atoms with Gasteiger partial charge in [-0.2, -0.15) is 0 Å². The van der Waals surface area contributed by atoms with Crippen LogP contribution in [0.3, 0.4) is 0 Å². The molecule has 1 fully saturated rings. The third-order valence-corrected chi connectivity index (χ3v) is 3.63. The summed E-state index contributed by atoms with van der Waals surface area (Å²) in [7, 11) is 0. The highest BCUT2D eigenvalue weighted by atomic mass is 35.5. The van der Waals surface area contributed by atoms with Crippen molar-refractivity contribution in [3.63, 3.8) is 0 Å². The Morgan fingerprint density at radius 2 is 1.94 bits per heavy atom. The quantitative estimate of drug-likeness (QED) is 0.703. The van der Waals surface area contributed by atoms with Crippen molar-refractivity contribution in [2.75, 3.05) is 6.54 Å². The van der Waals surface area contributed by atoms with Crippen LogP contribution in [0.15, 0.2) is 0 Å². The van der Waals surface area contributed by atoms with Crippen LogP contribution in [0, 0.1) is 11.8 Å². The fourth-order valence-electron chi connectivity index (χ4n) is 2.65. The third-order valence-electron chi connectivity index (χ3n) is 3.63. The topological polar surface area (TPSA) is 55.1 Å². The van der Waals surface area contributed by atoms with Crippen molar-refractivity contribution in [1.82, 2.24) is 5.32 Å². The lowest BCUT2D eigenvalue weighted by Crippen LogP contribution is -2.41. The van der Waals surface area contributed by atoms with E-state index in [1.807, 2.05) is 0 Å². The summed E-state index contributed by atoms with van der Waals surface area (Å²) < 4.78 is 0. The molecule has 0 heterocycles. The molecule has 3 nitrogen and oxygen atoms in total. The average molecular weight is 277 g/mol. The van der Waals surface area contributed by atoms with Gasteiger partial charge in [0.2, 0.25) is 5.91 Å². The van der Waals surface area contributed by atoms with Crippen LogP contribution in [0.4, 0.5) is 0 Å². The molecule has 0 unspecified atom stereocenters. The van der Waals surface area contributed by atoms with E-state index in [9.17, 15) is 4.79 Å². The third kappa shape index (κ3) is 7.22. The van der Waals surface area contributed by atoms with Crippen LogP contribution in [-0.2, 0) is 4.79 Å². The van der Waals surface area contributed by atoms with Crippen molar-refractivity contribution in [3.8, 4) is 0 Å². The molecule has 1 rings (SSSR count). The van der Waals surface area contributed by atoms with Gasteiger partial charge in [0.15, 0.2) is 0 Å². The van der Waals surface area contributed by atoms with Gasteiger partial charge >= 0.3 is 0 Å². The summed E-state index contributed by atoms with van der Waals surface area (Å²) in [6.07, 6.45) is 8.72. The van der Waals surface area contributed by atoms with Crippen LogP contribution >= 0.6 is 12.4 Å². The van der Waals surface area contributed by atoms with E-state index in [0.29, 0.717) is 5.92 Å². The molecule has 0 aliphatic heterocycles. The van der Waals surface area contributed by atoms with Gasteiger partial charge < -0.3 is 11.1 Å². The summed E-state index contributed by atoms with van der Waals surface area (Å²) in [5.74, 6) is 1.41. The number of amides is 1. The second-order valence-electron chi connectivity index (χ2n) is 5.82. The minimum absolute atomic E-state index is 0. The predicted octanol–water partition coefficient (Wildman–Crippen LogP) is 2.87. The Kier molecular flexibility index (Phi) is 9.47. The van der Waals surface area contributed by atoms with Gasteiger partial charge in [0, 0.05) is 6.54 Å². The van der Waals surface area contributed by atoms with Crippen LogP contribution in [-0.4, -0.2) is 18.5 Å². The number of hydrogen-bond donors (Lipinski definition) is 2. The van der Waals surface area contributed by atoms with Crippen LogP contribution in [0.5, 0.6) is 0 Å². The molecule has 18 heavy (non-hydrogen) atoms. The lowest BCUT2D eigenvalue weighted by atomic mass is 10.0. The zero-order valence-corrected chi connectivity index (χ0v) is 12.6. The van der Waals surface area contributed by atoms with Gasteiger partial charge in [0.25, 0.3) is 0 Å². The molecule has 1 aliphatic carbocycles. The minimum Gasteiger partial charge on any atom is -0.355 e. The first-order valence-electron chi connectivity index (χ1n) is 7.13. The zero-order valence-electron chi connectivity index (χ0n) is 11.8. The van der Waals surface area contributed by atoms with E-state index >= 15 is 0 Å². The number of nitrogens with two attached hydrogens (primary N) is 1. The van der Waals surface area contributed by atoms with Gasteiger partial charge in [-0.05, 0) is 31.1 Å². The van der Waals surface area contributed by atoms with E-state index in [2.05, 4.69) is 19.2 Å². The smallest absolute Gasteiger partial charge is 0.236 e. The molecule has 0 aromatic heterocycles. The summed E-state index contributed by atoms with van der Waals surface area (Å²) in [6, 6.07) is -0.332. The van der Waals surface area contributed by atoms with Crippen molar-refractivity contribution in [3.05, 3.63) is 0 Å². The molecule has 1 saturated carbocycles. The fourth-order valence-corrected chi connectivity index (χ4v) is 2.65. The Hall–Kier alpha value is -0.280. The second kappa shape index (κ2) is 9.62. The Bertz CT molecular complexity index is 228. The molecule has 1 amide bonds. The van der Waals surface area contributed by atoms with Crippen molar-refractivity contribution >= 4 is 18.3 Å². The minimum atomic E-state index is -0.332. The first kappa shape index (κ1) is 17.7. The van der Waals surface area contributed by atoms with Crippen LogP contribution < -0.4 is 11.1 Å². The molecular formula is C14H29ClN2O. The standard InChI is InChI=1S/C14H28N2O.ClH/c1-11(2)10-13(15)14(17)16-9-5-8-12-6-3-4-7-12;/h11-13H,3-10,15H2,1-2H3,(H,16,17);1H/t13-;/m0./s1. The lowest BCUT2D eigenvalue weighted by molar-refractivity contribution is -0.122. The van der Waals surface area contributed by atoms with Gasteiger partial charge in [0.05, 0.1) is 6.04 Å². The SMILES string of the molecule is CC(C)C[C@H](N)C(=O)NCCCC1CCCC1.Cl. The van der Waals surface area contributed by atoms with E-state index in [1.165, 1.54) is 32.1 Å². The van der Waals surface area contributed by atoms with Gasteiger partial charge in [-0.25, -0.2) is 0 Å². The van der Waals surface area contributed by atoms with Crippen molar-refractivity contribution in [2.24, 2.45) is 17.6 Å². The Morgan fingerprint density at radius 1 is 1.33 bits per heavy atom. The molecule has 3 N–H and O–H groups in total. The molecular weight excluding hydrogens is 248 g/mol. The molecule has 1 aliphatic rings. The lowest BCUT2D eigenvalue weighted by Gasteiger charge is -2.14. The summed E-state index contributed by atoms with van der Waals surface area (Å²) in [5, 5.41) is 2.95. The summed E-state index contributed by atoms with van der Waals surface area (Å²) in [5.41, 5.74) is 5.81. The maximum Gasteiger partial charge on any atom is 0.236 e. The van der Waals surface area contributed by atoms with Gasteiger partial charge in [-0.15, -0.1) is 12.4 Å². The predicted molar refractivity (Wildman–Crippen MR) is 78.9 cm³/mol. The van der Waals surface area contributed by atoms with Crippen molar-refractivity contribution in [2.45, 2.75) is 64.8 Å². The molecule has 108 valence electrons. The van der Waals surface area contributed by atoms with Crippen molar-refractivity contribution < 1.29 is 4.79 Å². The number of rotatable bonds is 7. The van der Waals surface area contributed by atoms with Crippen LogP contribution in [0.2, 0.25) is 0 Å². The van der Waals surface area contributed by atoms with E-state index in [-0.39, 0.29) is 24.4 Å². The van der Waals surface area contributed by atoms with Gasteiger partial charge in [0.1, 0.15) is 0 Å². The van der Waals surface area contributed by atoms with E-state index in [4.69, 9.17) is 5.73 Å². The largest absolute Gasteiger partial charge is 0.355 e. The van der Waals surface area contributed by atoms with Crippen LogP contribution in [0.1, 0.15) is 58.8 Å². The number of halogens is 1. The summed E-state index contributed by atoms with van der Waals surface area (Å²) >= 11 is 0. The highest BCUT2D eigenvalue weighted by Gasteiger charge is 2.16. The van der Waals surface area contributed by atoms with E-state index < -0.39 is 0 Å². The van der Waals surface area contributed by atoms with E-state index in [1.54, 1.807) is 0 Å². The molecule has 0 spiro atoms. The van der Waals surface area contributed by atoms with Crippen LogP contribution in [0.25, 0.3) is 0 Å². The number of carbonyl (C=O) groups is 1. The first-order valence-corrected chi connectivity index (χ1v) is 7.13. The zero-order chi connectivity index (χ0) is 12.7. The van der Waals surface area contributed by atoms with E-state index in [0.717, 1.165) is 25.3 Å². The van der Waals surface area contributed by atoms with Crippen molar-refractivity contribution in [1.29, 1.82) is 0 Å². The second-order valence-corrected chi connectivity index (χ2v) is 5.82. The molecule has 0 aromatic rings. The number of carbonyl (C=O) groups excluding carboxylic acids is 1. The Labute approximate surface area is 118 Å². The maximum absolute atomic E-state index is 11.6. The molecule has 0 saturated heterocycles. The normalized spacial score (nSPS) is 17.6. The maximum atomic E-state index is 11.6. The van der Waals surface area contributed by atoms with Gasteiger partial charge in [-0.3, -0.25) is 4.79 Å². The Morgan fingerprint density at radius 3 is 2.50 bits per heavy atom. The highest BCUT2D eigenvalue weighted by Crippen LogP contribution is 2.28. The number of hydrogen-bond acceptors (Lipinski definition) is 2. The van der Waals surface area contributed by atoms with Gasteiger partial charge in [-0.1, -0.05) is 39.5 Å². The summed E-state index contributed by atoms with van der Waals surface area (Å²) in [6.45, 7) is 4.97. The molecule has 0 bridgehead atoms. The molecule has 1 atom stereocenters. The highest BCUT2D eigenvalue weighted by molar-refractivity contribution is 5.85. The Balaban J connectivity index is 0.00000289. The molecule has 0 aromatic carbocycles. The monoisotopic (exact) mass is 276 g/mol. The fraction of sp³-hybridized carbons (Fsp3) is 0.929. The summed E-state index contributed by atoms with van der Waals surface area (Å²) in [4.78, 5) is 11.6. The number of nitrogens with one attached hydrogen (secondary N) is 1.